The maximum Gasteiger partial charge on any atom is 0.221 e. The molecule has 3 nitrogen and oxygen atoms in total. The molecule has 0 saturated heterocycles. The Hall–Kier alpha value is -2.65. The first-order chi connectivity index (χ1) is 11.1. The minimum Gasteiger partial charge on any atom is -0.326 e. The Bertz CT molecular complexity index is 847. The van der Waals surface area contributed by atoms with Crippen LogP contribution < -0.4 is 5.32 Å². The van der Waals surface area contributed by atoms with Gasteiger partial charge in [-0.15, -0.1) is 0 Å². The van der Waals surface area contributed by atoms with E-state index in [0.717, 1.165) is 22.5 Å². The maximum atomic E-state index is 11.2. The second-order valence-corrected chi connectivity index (χ2v) is 5.56. The molecule has 0 fully saturated rings. The lowest BCUT2D eigenvalue weighted by Gasteiger charge is -2.09. The van der Waals surface area contributed by atoms with Gasteiger partial charge in [0.2, 0.25) is 5.91 Å². The van der Waals surface area contributed by atoms with E-state index in [4.69, 9.17) is 16.6 Å². The van der Waals surface area contributed by atoms with Crippen LogP contribution in [-0.4, -0.2) is 10.9 Å². The number of aromatic nitrogens is 1. The van der Waals surface area contributed by atoms with Crippen LogP contribution in [0.1, 0.15) is 6.92 Å². The second kappa shape index (κ2) is 6.63. The summed E-state index contributed by atoms with van der Waals surface area (Å²) in [6.45, 7) is 1.47. The second-order valence-electron chi connectivity index (χ2n) is 5.15. The molecule has 1 N–H and O–H groups in total. The van der Waals surface area contributed by atoms with Crippen LogP contribution in [0.25, 0.3) is 22.5 Å². The average Bonchev–Trinajstić information content (AvgIpc) is 2.57. The fourth-order valence-electron chi connectivity index (χ4n) is 2.36. The number of rotatable bonds is 3. The molecule has 0 radical (unpaired) electrons. The van der Waals surface area contributed by atoms with Crippen LogP contribution in [0.15, 0.2) is 66.7 Å². The molecule has 1 amide bonds. The minimum absolute atomic E-state index is 0.121. The summed E-state index contributed by atoms with van der Waals surface area (Å²) >= 11 is 6.31. The number of anilines is 1. The Morgan fingerprint density at radius 1 is 0.957 bits per heavy atom. The fourth-order valence-corrected chi connectivity index (χ4v) is 2.57. The lowest BCUT2D eigenvalue weighted by Crippen LogP contribution is -2.05. The van der Waals surface area contributed by atoms with Gasteiger partial charge in [0.15, 0.2) is 0 Å². The number of carbonyl (C=O) groups excluding carboxylic acids is 1. The monoisotopic (exact) mass is 322 g/mol. The van der Waals surface area contributed by atoms with E-state index >= 15 is 0 Å². The van der Waals surface area contributed by atoms with Crippen LogP contribution in [0.3, 0.4) is 0 Å². The predicted octanol–water partition coefficient (Wildman–Crippen LogP) is 5.03. The highest BCUT2D eigenvalue weighted by atomic mass is 35.5. The topological polar surface area (TPSA) is 42.0 Å². The normalized spacial score (nSPS) is 10.3. The van der Waals surface area contributed by atoms with Gasteiger partial charge in [0.1, 0.15) is 0 Å². The van der Waals surface area contributed by atoms with Crippen molar-refractivity contribution in [3.8, 4) is 22.5 Å². The Labute approximate surface area is 140 Å². The highest BCUT2D eigenvalue weighted by Gasteiger charge is 2.09. The smallest absolute Gasteiger partial charge is 0.221 e. The quantitative estimate of drug-likeness (QED) is 0.735. The SMILES string of the molecule is CC(=O)Nc1ccc(Cl)c(-c2cccc(-c3ccccc3)n2)c1. The van der Waals surface area contributed by atoms with Crippen molar-refractivity contribution < 1.29 is 4.79 Å². The summed E-state index contributed by atoms with van der Waals surface area (Å²) in [6, 6.07) is 21.2. The largest absolute Gasteiger partial charge is 0.326 e. The van der Waals surface area contributed by atoms with Gasteiger partial charge in [0, 0.05) is 23.7 Å². The van der Waals surface area contributed by atoms with Crippen LogP contribution in [0.5, 0.6) is 0 Å². The van der Waals surface area contributed by atoms with Gasteiger partial charge >= 0.3 is 0 Å². The number of nitrogens with zero attached hydrogens (tertiary/aromatic N) is 1. The molecule has 23 heavy (non-hydrogen) atoms. The van der Waals surface area contributed by atoms with E-state index in [1.54, 1.807) is 12.1 Å². The van der Waals surface area contributed by atoms with Crippen molar-refractivity contribution in [3.63, 3.8) is 0 Å². The van der Waals surface area contributed by atoms with Crippen LogP contribution in [0.2, 0.25) is 5.02 Å². The third kappa shape index (κ3) is 3.58. The number of nitrogens with one attached hydrogen (secondary N) is 1. The number of amides is 1. The molecular weight excluding hydrogens is 308 g/mol. The van der Waals surface area contributed by atoms with E-state index in [1.165, 1.54) is 6.92 Å². The number of pyridine rings is 1. The Morgan fingerprint density at radius 2 is 1.70 bits per heavy atom. The summed E-state index contributed by atoms with van der Waals surface area (Å²) in [7, 11) is 0. The summed E-state index contributed by atoms with van der Waals surface area (Å²) in [6.07, 6.45) is 0. The zero-order chi connectivity index (χ0) is 16.2. The van der Waals surface area contributed by atoms with Crippen LogP contribution in [0, 0.1) is 0 Å². The summed E-state index contributed by atoms with van der Waals surface area (Å²) in [4.78, 5) is 15.9. The summed E-state index contributed by atoms with van der Waals surface area (Å²) in [5.74, 6) is -0.121. The Balaban J connectivity index is 2.04. The van der Waals surface area contributed by atoms with Gasteiger partial charge in [0.25, 0.3) is 0 Å². The highest BCUT2D eigenvalue weighted by Crippen LogP contribution is 2.30. The molecule has 0 atom stereocenters. The Kier molecular flexibility index (Phi) is 4.40. The number of hydrogen-bond acceptors (Lipinski definition) is 2. The van der Waals surface area contributed by atoms with E-state index in [-0.39, 0.29) is 5.91 Å². The molecule has 3 rings (SSSR count). The van der Waals surface area contributed by atoms with Crippen LogP contribution >= 0.6 is 11.6 Å². The van der Waals surface area contributed by atoms with Gasteiger partial charge in [-0.2, -0.15) is 0 Å². The Morgan fingerprint density at radius 3 is 2.43 bits per heavy atom. The molecule has 114 valence electrons. The lowest BCUT2D eigenvalue weighted by molar-refractivity contribution is -0.114. The molecule has 0 spiro atoms. The van der Waals surface area contributed by atoms with Gasteiger partial charge < -0.3 is 5.32 Å². The van der Waals surface area contributed by atoms with Crippen molar-refractivity contribution in [1.82, 2.24) is 4.98 Å². The molecule has 2 aromatic carbocycles. The highest BCUT2D eigenvalue weighted by molar-refractivity contribution is 6.33. The van der Waals surface area contributed by atoms with Crippen molar-refractivity contribution in [2.75, 3.05) is 5.32 Å². The number of halogens is 1. The zero-order valence-electron chi connectivity index (χ0n) is 12.6. The van der Waals surface area contributed by atoms with Gasteiger partial charge in [0.05, 0.1) is 16.4 Å². The first-order valence-corrected chi connectivity index (χ1v) is 7.61. The number of hydrogen-bond donors (Lipinski definition) is 1. The molecule has 1 heterocycles. The van der Waals surface area contributed by atoms with Gasteiger partial charge in [-0.1, -0.05) is 48.0 Å². The van der Waals surface area contributed by atoms with E-state index in [1.807, 2.05) is 54.6 Å². The average molecular weight is 323 g/mol. The van der Waals surface area contributed by atoms with E-state index in [9.17, 15) is 4.79 Å². The number of carbonyl (C=O) groups is 1. The minimum atomic E-state index is -0.121. The molecule has 0 aliphatic heterocycles. The van der Waals surface area contributed by atoms with Gasteiger partial charge in [-0.25, -0.2) is 4.98 Å². The number of benzene rings is 2. The van der Waals surface area contributed by atoms with Crippen molar-refractivity contribution in [3.05, 3.63) is 71.8 Å². The molecule has 0 saturated carbocycles. The standard InChI is InChI=1S/C19H15ClN2O/c1-13(23)21-15-10-11-17(20)16(12-15)19-9-5-8-18(22-19)14-6-3-2-4-7-14/h2-12H,1H3,(H,21,23). The third-order valence-electron chi connectivity index (χ3n) is 3.38. The first kappa shape index (κ1) is 15.3. The molecule has 0 bridgehead atoms. The van der Waals surface area contributed by atoms with Crippen molar-refractivity contribution in [1.29, 1.82) is 0 Å². The summed E-state index contributed by atoms with van der Waals surface area (Å²) in [5, 5.41) is 3.36. The zero-order valence-corrected chi connectivity index (χ0v) is 13.3. The molecule has 0 aliphatic carbocycles. The van der Waals surface area contributed by atoms with E-state index in [2.05, 4.69) is 5.32 Å². The van der Waals surface area contributed by atoms with Crippen LogP contribution in [-0.2, 0) is 4.79 Å². The molecule has 3 aromatic rings. The fraction of sp³-hybridized carbons (Fsp3) is 0.0526. The third-order valence-corrected chi connectivity index (χ3v) is 3.71. The summed E-state index contributed by atoms with van der Waals surface area (Å²) in [5.41, 5.74) is 4.18. The summed E-state index contributed by atoms with van der Waals surface area (Å²) < 4.78 is 0. The molecule has 1 aromatic heterocycles. The maximum absolute atomic E-state index is 11.2. The van der Waals surface area contributed by atoms with E-state index < -0.39 is 0 Å². The predicted molar refractivity (Wildman–Crippen MR) is 94.4 cm³/mol. The van der Waals surface area contributed by atoms with Crippen molar-refractivity contribution in [2.24, 2.45) is 0 Å². The lowest BCUT2D eigenvalue weighted by atomic mass is 10.1. The van der Waals surface area contributed by atoms with Crippen molar-refractivity contribution in [2.45, 2.75) is 6.92 Å². The molecule has 0 unspecified atom stereocenters. The molecule has 0 aliphatic rings. The van der Waals surface area contributed by atoms with Gasteiger partial charge in [-0.3, -0.25) is 4.79 Å². The molecular formula is C19H15ClN2O. The first-order valence-electron chi connectivity index (χ1n) is 7.23. The van der Waals surface area contributed by atoms with Crippen molar-refractivity contribution >= 4 is 23.2 Å². The molecule has 4 heteroatoms. The van der Waals surface area contributed by atoms with E-state index in [0.29, 0.717) is 10.7 Å². The van der Waals surface area contributed by atoms with Gasteiger partial charge in [-0.05, 0) is 30.3 Å². The van der Waals surface area contributed by atoms with Crippen LogP contribution in [0.4, 0.5) is 5.69 Å².